The Morgan fingerprint density at radius 1 is 0.919 bits per heavy atom. The molecule has 0 atom stereocenters. The normalized spacial score (nSPS) is 14.0. The van der Waals surface area contributed by atoms with Crippen molar-refractivity contribution in [1.29, 1.82) is 0 Å². The zero-order chi connectivity index (χ0) is 26.5. The molecule has 192 valence electrons. The van der Waals surface area contributed by atoms with E-state index in [9.17, 15) is 9.59 Å². The minimum absolute atomic E-state index is 0.214. The Bertz CT molecular complexity index is 1320. The van der Waals surface area contributed by atoms with Crippen molar-refractivity contribution in [3.8, 4) is 16.9 Å². The monoisotopic (exact) mass is 517 g/mol. The Kier molecular flexibility index (Phi) is 8.18. The summed E-state index contributed by atoms with van der Waals surface area (Å²) in [5, 5.41) is 8.15. The van der Waals surface area contributed by atoms with Crippen molar-refractivity contribution in [2.24, 2.45) is 0 Å². The highest BCUT2D eigenvalue weighted by Crippen LogP contribution is 2.43. The topological polar surface area (TPSA) is 82.5 Å². The van der Waals surface area contributed by atoms with Gasteiger partial charge < -0.3 is 14.8 Å². The summed E-state index contributed by atoms with van der Waals surface area (Å²) in [4.78, 5) is 27.7. The summed E-state index contributed by atoms with van der Waals surface area (Å²) in [6, 6.07) is 17.8. The lowest BCUT2D eigenvalue weighted by Crippen LogP contribution is -2.32. The molecule has 0 saturated heterocycles. The predicted octanol–water partition coefficient (Wildman–Crippen LogP) is 5.62. The first-order valence-corrected chi connectivity index (χ1v) is 13.4. The maximum atomic E-state index is 13.3. The number of rotatable bonds is 8. The van der Waals surface area contributed by atoms with Gasteiger partial charge in [0.15, 0.2) is 0 Å². The Morgan fingerprint density at radius 2 is 1.49 bits per heavy atom. The van der Waals surface area contributed by atoms with Crippen molar-refractivity contribution in [1.82, 2.24) is 15.1 Å². The number of dihydropyridines is 1. The van der Waals surface area contributed by atoms with E-state index in [4.69, 9.17) is 14.6 Å². The Labute approximate surface area is 221 Å². The summed E-state index contributed by atoms with van der Waals surface area (Å²) in [5.74, 6) is -1.70. The van der Waals surface area contributed by atoms with E-state index in [0.29, 0.717) is 33.8 Å². The SMILES string of the molecule is CCOC(=O)C1=C(C)NC(C)=C(C(=O)OCC)C1c1cn(-c2ccccc2)nc1-c1ccc(SC)cc1. The number of thioether (sulfide) groups is 1. The Morgan fingerprint density at radius 3 is 2.00 bits per heavy atom. The van der Waals surface area contributed by atoms with Crippen molar-refractivity contribution in [2.45, 2.75) is 38.5 Å². The number of benzene rings is 2. The first-order chi connectivity index (χ1) is 17.9. The van der Waals surface area contributed by atoms with Crippen molar-refractivity contribution < 1.29 is 19.1 Å². The zero-order valence-corrected chi connectivity index (χ0v) is 22.5. The van der Waals surface area contributed by atoms with Gasteiger partial charge in [-0.3, -0.25) is 0 Å². The summed E-state index contributed by atoms with van der Waals surface area (Å²) >= 11 is 1.66. The van der Waals surface area contributed by atoms with Gasteiger partial charge in [0, 0.05) is 33.6 Å². The lowest BCUT2D eigenvalue weighted by molar-refractivity contribution is -0.139. The molecule has 1 aromatic heterocycles. The van der Waals surface area contributed by atoms with Crippen LogP contribution in [0.4, 0.5) is 0 Å². The van der Waals surface area contributed by atoms with Crippen LogP contribution in [0.5, 0.6) is 0 Å². The fourth-order valence-corrected chi connectivity index (χ4v) is 4.96. The highest BCUT2D eigenvalue weighted by atomic mass is 32.2. The number of esters is 2. The number of nitrogens with zero attached hydrogens (tertiary/aromatic N) is 2. The highest BCUT2D eigenvalue weighted by molar-refractivity contribution is 7.98. The molecule has 2 heterocycles. The van der Waals surface area contributed by atoms with Gasteiger partial charge in [-0.25, -0.2) is 14.3 Å². The van der Waals surface area contributed by atoms with Crippen LogP contribution < -0.4 is 5.32 Å². The number of hydrogen-bond donors (Lipinski definition) is 1. The third-order valence-corrected chi connectivity index (χ3v) is 6.93. The molecular formula is C29H31N3O4S. The van der Waals surface area contributed by atoms with Crippen molar-refractivity contribution in [2.75, 3.05) is 19.5 Å². The van der Waals surface area contributed by atoms with Crippen LogP contribution in [-0.4, -0.2) is 41.2 Å². The summed E-state index contributed by atoms with van der Waals surface area (Å²) in [6.07, 6.45) is 3.92. The number of carbonyl (C=O) groups excluding carboxylic acids is 2. The number of carbonyl (C=O) groups is 2. The van der Waals surface area contributed by atoms with Crippen molar-refractivity contribution >= 4 is 23.7 Å². The number of ether oxygens (including phenoxy) is 2. The molecule has 1 aliphatic rings. The molecule has 0 saturated carbocycles. The molecule has 0 radical (unpaired) electrons. The van der Waals surface area contributed by atoms with Crippen LogP contribution in [0.15, 0.2) is 88.2 Å². The first-order valence-electron chi connectivity index (χ1n) is 12.2. The van der Waals surface area contributed by atoms with Gasteiger partial charge in [-0.15, -0.1) is 11.8 Å². The van der Waals surface area contributed by atoms with Crippen LogP contribution in [0.2, 0.25) is 0 Å². The molecule has 0 spiro atoms. The standard InChI is InChI=1S/C29H31N3O4S/c1-6-35-28(33)24-18(3)30-19(4)25(29(34)36-7-2)26(24)23-17-32(21-11-9-8-10-12-21)31-27(23)20-13-15-22(37-5)16-14-20/h8-17,26,30H,6-7H2,1-5H3. The molecule has 7 nitrogen and oxygen atoms in total. The molecule has 4 rings (SSSR count). The van der Waals surface area contributed by atoms with Gasteiger partial charge in [0.1, 0.15) is 0 Å². The summed E-state index contributed by atoms with van der Waals surface area (Å²) in [6.45, 7) is 7.59. The summed E-state index contributed by atoms with van der Waals surface area (Å²) < 4.78 is 12.7. The predicted molar refractivity (Wildman–Crippen MR) is 145 cm³/mol. The van der Waals surface area contributed by atoms with Gasteiger partial charge in [0.2, 0.25) is 0 Å². The summed E-state index contributed by atoms with van der Waals surface area (Å²) in [7, 11) is 0. The maximum Gasteiger partial charge on any atom is 0.336 e. The molecule has 37 heavy (non-hydrogen) atoms. The molecule has 2 aromatic carbocycles. The van der Waals surface area contributed by atoms with Gasteiger partial charge in [-0.05, 0) is 58.2 Å². The third-order valence-electron chi connectivity index (χ3n) is 6.19. The fourth-order valence-electron chi connectivity index (χ4n) is 4.55. The van der Waals surface area contributed by atoms with E-state index in [1.54, 1.807) is 30.3 Å². The number of aromatic nitrogens is 2. The van der Waals surface area contributed by atoms with Crippen LogP contribution in [0.3, 0.4) is 0 Å². The second-order valence-electron chi connectivity index (χ2n) is 8.52. The van der Waals surface area contributed by atoms with E-state index in [-0.39, 0.29) is 13.2 Å². The van der Waals surface area contributed by atoms with Crippen LogP contribution in [-0.2, 0) is 19.1 Å². The van der Waals surface area contributed by atoms with E-state index in [1.807, 2.05) is 80.9 Å². The average Bonchev–Trinajstić information content (AvgIpc) is 3.34. The van der Waals surface area contributed by atoms with E-state index < -0.39 is 17.9 Å². The Hall–Kier alpha value is -3.78. The lowest BCUT2D eigenvalue weighted by atomic mass is 9.79. The first kappa shape index (κ1) is 26.3. The number of allylic oxidation sites excluding steroid dienone is 2. The fraction of sp³-hybridized carbons (Fsp3) is 0.276. The van der Waals surface area contributed by atoms with Gasteiger partial charge >= 0.3 is 11.9 Å². The molecule has 0 bridgehead atoms. The molecule has 0 fully saturated rings. The maximum absolute atomic E-state index is 13.3. The lowest BCUT2D eigenvalue weighted by Gasteiger charge is -2.30. The van der Waals surface area contributed by atoms with Crippen molar-refractivity contribution in [3.05, 3.63) is 88.9 Å². The molecule has 0 amide bonds. The molecule has 3 aromatic rings. The van der Waals surface area contributed by atoms with E-state index in [2.05, 4.69) is 5.32 Å². The highest BCUT2D eigenvalue weighted by Gasteiger charge is 2.40. The Balaban J connectivity index is 2.00. The van der Waals surface area contributed by atoms with E-state index in [1.165, 1.54) is 0 Å². The number of para-hydroxylation sites is 1. The van der Waals surface area contributed by atoms with Crippen LogP contribution in [0.25, 0.3) is 16.9 Å². The zero-order valence-electron chi connectivity index (χ0n) is 21.7. The molecule has 0 unspecified atom stereocenters. The van der Waals surface area contributed by atoms with Gasteiger partial charge in [0.25, 0.3) is 0 Å². The number of hydrogen-bond acceptors (Lipinski definition) is 7. The largest absolute Gasteiger partial charge is 0.463 e. The number of nitrogens with one attached hydrogen (secondary N) is 1. The molecule has 1 aliphatic heterocycles. The minimum atomic E-state index is -0.730. The summed E-state index contributed by atoms with van der Waals surface area (Å²) in [5.41, 5.74) is 5.12. The van der Waals surface area contributed by atoms with Crippen molar-refractivity contribution in [3.63, 3.8) is 0 Å². The average molecular weight is 518 g/mol. The van der Waals surface area contributed by atoms with Gasteiger partial charge in [-0.1, -0.05) is 30.3 Å². The van der Waals surface area contributed by atoms with E-state index in [0.717, 1.165) is 16.1 Å². The second kappa shape index (κ2) is 11.5. The smallest absolute Gasteiger partial charge is 0.336 e. The minimum Gasteiger partial charge on any atom is -0.463 e. The van der Waals surface area contributed by atoms with E-state index >= 15 is 0 Å². The molecular weight excluding hydrogens is 486 g/mol. The van der Waals surface area contributed by atoms with Crippen LogP contribution in [0, 0.1) is 0 Å². The second-order valence-corrected chi connectivity index (χ2v) is 9.40. The molecule has 1 N–H and O–H groups in total. The molecule has 8 heteroatoms. The third kappa shape index (κ3) is 5.34. The molecule has 0 aliphatic carbocycles. The van der Waals surface area contributed by atoms with Crippen LogP contribution in [0.1, 0.15) is 39.2 Å². The van der Waals surface area contributed by atoms with Gasteiger partial charge in [0.05, 0.1) is 41.7 Å². The van der Waals surface area contributed by atoms with Crippen LogP contribution >= 0.6 is 11.8 Å². The quantitative estimate of drug-likeness (QED) is 0.307. The van der Waals surface area contributed by atoms with Gasteiger partial charge in [-0.2, -0.15) is 5.10 Å².